The summed E-state index contributed by atoms with van der Waals surface area (Å²) in [4.78, 5) is 1.79. The van der Waals surface area contributed by atoms with Crippen LogP contribution in [0.25, 0.3) is 0 Å². The van der Waals surface area contributed by atoms with Crippen molar-refractivity contribution in [1.82, 2.24) is 4.90 Å². The van der Waals surface area contributed by atoms with Crippen molar-refractivity contribution >= 4 is 10.4 Å². The Kier molecular flexibility index (Phi) is 32.6. The van der Waals surface area contributed by atoms with Gasteiger partial charge < -0.3 is 25.5 Å². The van der Waals surface area contributed by atoms with E-state index in [-0.39, 0.29) is 26.4 Å². The molecule has 10 nitrogen and oxygen atoms in total. The molecule has 0 rings (SSSR count). The second kappa shape index (κ2) is 31.2. The van der Waals surface area contributed by atoms with Crippen molar-refractivity contribution < 1.29 is 42.3 Å². The number of nitrogens with zero attached hydrogens (tertiary/aromatic N) is 1. The summed E-state index contributed by atoms with van der Waals surface area (Å²) in [6.07, 6.45) is 19.0. The Bertz CT molecular complexity index is 538. The van der Waals surface area contributed by atoms with E-state index in [4.69, 9.17) is 29.7 Å². The Morgan fingerprint density at radius 2 is 0.974 bits per heavy atom. The van der Waals surface area contributed by atoms with Crippen LogP contribution in [0.4, 0.5) is 0 Å². The number of rotatable bonds is 28. The molecule has 11 heteroatoms. The van der Waals surface area contributed by atoms with E-state index >= 15 is 0 Å². The van der Waals surface area contributed by atoms with Crippen LogP contribution in [0.15, 0.2) is 0 Å². The number of hydrogen-bond donors (Lipinski definition) is 5. The van der Waals surface area contributed by atoms with Gasteiger partial charge in [-0.3, -0.25) is 4.90 Å². The Labute approximate surface area is 232 Å². The SMILES string of the molecule is CCCCCCCCCCCCCCCCCCOS(=O)(=O)OCC(O)CO.OCCN(CCO)CCO. The van der Waals surface area contributed by atoms with Crippen LogP contribution in [0.2, 0.25) is 0 Å². The van der Waals surface area contributed by atoms with E-state index in [0.29, 0.717) is 26.1 Å². The van der Waals surface area contributed by atoms with Crippen molar-refractivity contribution in [1.29, 1.82) is 0 Å². The summed E-state index contributed by atoms with van der Waals surface area (Å²) < 4.78 is 31.9. The van der Waals surface area contributed by atoms with Crippen molar-refractivity contribution in [2.75, 3.05) is 59.3 Å². The van der Waals surface area contributed by atoms with Crippen LogP contribution < -0.4 is 0 Å². The number of aliphatic hydroxyl groups excluding tert-OH is 5. The van der Waals surface area contributed by atoms with Gasteiger partial charge in [0.1, 0.15) is 6.10 Å². The molecule has 1 atom stereocenters. The lowest BCUT2D eigenvalue weighted by molar-refractivity contribution is 0.0487. The highest BCUT2D eigenvalue weighted by molar-refractivity contribution is 7.81. The summed E-state index contributed by atoms with van der Waals surface area (Å²) in [6, 6.07) is 0. The minimum Gasteiger partial charge on any atom is -0.395 e. The maximum atomic E-state index is 11.4. The summed E-state index contributed by atoms with van der Waals surface area (Å²) in [6.45, 7) is 3.07. The first-order chi connectivity index (χ1) is 18.4. The van der Waals surface area contributed by atoms with Crippen molar-refractivity contribution in [3.05, 3.63) is 0 Å². The van der Waals surface area contributed by atoms with E-state index < -0.39 is 29.7 Å². The van der Waals surface area contributed by atoms with Gasteiger partial charge in [-0.25, -0.2) is 8.37 Å². The fraction of sp³-hybridized carbons (Fsp3) is 1.00. The van der Waals surface area contributed by atoms with Crippen LogP contribution in [0.1, 0.15) is 110 Å². The van der Waals surface area contributed by atoms with Crippen molar-refractivity contribution in [2.24, 2.45) is 0 Å². The normalized spacial score (nSPS) is 12.5. The van der Waals surface area contributed by atoms with Gasteiger partial charge in [0, 0.05) is 19.6 Å². The molecule has 0 spiro atoms. The Morgan fingerprint density at radius 1 is 0.605 bits per heavy atom. The average Bonchev–Trinajstić information content (AvgIpc) is 2.90. The molecule has 0 bridgehead atoms. The van der Waals surface area contributed by atoms with E-state index in [0.717, 1.165) is 12.8 Å². The van der Waals surface area contributed by atoms with Crippen LogP contribution in [0, 0.1) is 0 Å². The van der Waals surface area contributed by atoms with Gasteiger partial charge in [-0.15, -0.1) is 0 Å². The molecule has 0 aliphatic heterocycles. The third-order valence-corrected chi connectivity index (χ3v) is 6.97. The molecule has 232 valence electrons. The lowest BCUT2D eigenvalue weighted by atomic mass is 10.0. The second-order valence-corrected chi connectivity index (χ2v) is 11.0. The van der Waals surface area contributed by atoms with Crippen LogP contribution in [0.3, 0.4) is 0 Å². The summed E-state index contributed by atoms with van der Waals surface area (Å²) >= 11 is 0. The fourth-order valence-electron chi connectivity index (χ4n) is 3.82. The zero-order valence-electron chi connectivity index (χ0n) is 24.0. The fourth-order valence-corrected chi connectivity index (χ4v) is 4.53. The Hall–Kier alpha value is -0.370. The lowest BCUT2D eigenvalue weighted by Gasteiger charge is -2.17. The van der Waals surface area contributed by atoms with E-state index in [1.807, 2.05) is 0 Å². The molecule has 0 fully saturated rings. The molecule has 0 amide bonds. The highest BCUT2D eigenvalue weighted by Gasteiger charge is 2.14. The monoisotopic (exact) mass is 573 g/mol. The highest BCUT2D eigenvalue weighted by Crippen LogP contribution is 2.14. The van der Waals surface area contributed by atoms with E-state index in [2.05, 4.69) is 11.1 Å². The molecule has 0 saturated carbocycles. The predicted molar refractivity (Wildman–Crippen MR) is 151 cm³/mol. The van der Waals surface area contributed by atoms with Crippen LogP contribution in [-0.2, 0) is 18.8 Å². The molecule has 5 N–H and O–H groups in total. The maximum Gasteiger partial charge on any atom is 0.399 e. The quantitative estimate of drug-likeness (QED) is 0.0881. The summed E-state index contributed by atoms with van der Waals surface area (Å²) in [5.41, 5.74) is 0. The Morgan fingerprint density at radius 3 is 1.32 bits per heavy atom. The molecule has 0 aliphatic rings. The molecule has 0 saturated heterocycles. The van der Waals surface area contributed by atoms with E-state index in [1.54, 1.807) is 4.90 Å². The maximum absolute atomic E-state index is 11.4. The predicted octanol–water partition coefficient (Wildman–Crippen LogP) is 3.14. The van der Waals surface area contributed by atoms with Gasteiger partial charge in [0.25, 0.3) is 0 Å². The van der Waals surface area contributed by atoms with Gasteiger partial charge in [-0.2, -0.15) is 8.42 Å². The van der Waals surface area contributed by atoms with Gasteiger partial charge in [0.2, 0.25) is 0 Å². The zero-order chi connectivity index (χ0) is 28.7. The van der Waals surface area contributed by atoms with E-state index in [1.165, 1.54) is 83.5 Å². The smallest absolute Gasteiger partial charge is 0.395 e. The molecular weight excluding hydrogens is 514 g/mol. The minimum atomic E-state index is -4.08. The van der Waals surface area contributed by atoms with E-state index in [9.17, 15) is 8.42 Å². The summed E-state index contributed by atoms with van der Waals surface area (Å²) in [5.74, 6) is 0. The first-order valence-corrected chi connectivity index (χ1v) is 16.1. The van der Waals surface area contributed by atoms with Gasteiger partial charge >= 0.3 is 10.4 Å². The molecule has 38 heavy (non-hydrogen) atoms. The van der Waals surface area contributed by atoms with Gasteiger partial charge in [0.05, 0.1) is 39.6 Å². The molecule has 0 aromatic carbocycles. The third-order valence-electron chi connectivity index (χ3n) is 6.09. The minimum absolute atomic E-state index is 0.0694. The summed E-state index contributed by atoms with van der Waals surface area (Å²) in [7, 11) is -4.08. The zero-order valence-corrected chi connectivity index (χ0v) is 24.8. The van der Waals surface area contributed by atoms with Crippen LogP contribution >= 0.6 is 0 Å². The topological polar surface area (TPSA) is 157 Å². The molecule has 0 aliphatic carbocycles. The van der Waals surface area contributed by atoms with Crippen LogP contribution in [-0.4, -0.2) is 104 Å². The Balaban J connectivity index is 0. The lowest BCUT2D eigenvalue weighted by Crippen LogP contribution is -2.32. The largest absolute Gasteiger partial charge is 0.399 e. The number of aliphatic hydroxyl groups is 5. The third kappa shape index (κ3) is 31.8. The molecule has 0 aromatic rings. The molecular formula is C27H59NO9S. The van der Waals surface area contributed by atoms with Crippen molar-refractivity contribution in [3.63, 3.8) is 0 Å². The second-order valence-electron chi connectivity index (χ2n) is 9.67. The average molecular weight is 574 g/mol. The number of hydrogen-bond acceptors (Lipinski definition) is 10. The molecule has 0 radical (unpaired) electrons. The standard InChI is InChI=1S/C21H44O6S.C6H15NO3/c1-2-3-4-5-6-7-8-9-10-11-12-13-14-15-16-17-18-26-28(24,25)27-20-21(23)19-22;8-4-1-7(2-5-9)3-6-10/h21-23H,2-20H2,1H3;8-10H,1-6H2. The number of unbranched alkanes of at least 4 members (excludes halogenated alkanes) is 15. The highest BCUT2D eigenvalue weighted by atomic mass is 32.3. The summed E-state index contributed by atoms with van der Waals surface area (Å²) in [5, 5.41) is 43.1. The molecule has 1 unspecified atom stereocenters. The molecule has 0 heterocycles. The molecule has 0 aromatic heterocycles. The first-order valence-electron chi connectivity index (χ1n) is 14.7. The van der Waals surface area contributed by atoms with Gasteiger partial charge in [-0.1, -0.05) is 103 Å². The van der Waals surface area contributed by atoms with Gasteiger partial charge in [-0.05, 0) is 6.42 Å². The van der Waals surface area contributed by atoms with Crippen LogP contribution in [0.5, 0.6) is 0 Å². The first kappa shape index (κ1) is 39.8. The van der Waals surface area contributed by atoms with Crippen molar-refractivity contribution in [2.45, 2.75) is 116 Å². The van der Waals surface area contributed by atoms with Crippen molar-refractivity contribution in [3.8, 4) is 0 Å². The van der Waals surface area contributed by atoms with Gasteiger partial charge in [0.15, 0.2) is 0 Å².